The van der Waals surface area contributed by atoms with Gasteiger partial charge >= 0.3 is 0 Å². The number of hydrogen-bond acceptors (Lipinski definition) is 5. The van der Waals surface area contributed by atoms with Crippen molar-refractivity contribution in [2.75, 3.05) is 5.75 Å². The standard InChI is InChI=1S/C26H24N4O2S/c1-17-13-14-23(27-15-17)30-25(32)20-10-4-5-11-22(20)29-26(30)33-16-24(31)28-21-12-6-8-18-7-2-3-9-19(18)21/h2-5,7,9-11,13-15,21H,6,8,12,16H2,1H3,(H,28,31). The van der Waals surface area contributed by atoms with Crippen molar-refractivity contribution in [2.45, 2.75) is 37.4 Å². The molecule has 0 bridgehead atoms. The van der Waals surface area contributed by atoms with Crippen LogP contribution in [-0.4, -0.2) is 26.2 Å². The molecule has 33 heavy (non-hydrogen) atoms. The van der Waals surface area contributed by atoms with E-state index in [4.69, 9.17) is 4.98 Å². The molecule has 1 amide bonds. The number of fused-ring (bicyclic) bond motifs is 2. The first kappa shape index (κ1) is 21.4. The number of amides is 1. The summed E-state index contributed by atoms with van der Waals surface area (Å²) in [5.41, 5.74) is 3.92. The highest BCUT2D eigenvalue weighted by Gasteiger charge is 2.22. The predicted molar refractivity (Wildman–Crippen MR) is 131 cm³/mol. The van der Waals surface area contributed by atoms with E-state index < -0.39 is 0 Å². The van der Waals surface area contributed by atoms with Gasteiger partial charge in [-0.1, -0.05) is 54.2 Å². The van der Waals surface area contributed by atoms with E-state index in [-0.39, 0.29) is 23.3 Å². The Balaban J connectivity index is 1.42. The van der Waals surface area contributed by atoms with E-state index in [0.717, 1.165) is 24.8 Å². The van der Waals surface area contributed by atoms with Gasteiger partial charge in [0.05, 0.1) is 22.7 Å². The van der Waals surface area contributed by atoms with Crippen molar-refractivity contribution in [1.82, 2.24) is 19.9 Å². The summed E-state index contributed by atoms with van der Waals surface area (Å²) in [6.07, 6.45) is 4.76. The Bertz CT molecular complexity index is 1380. The minimum Gasteiger partial charge on any atom is -0.349 e. The number of hydrogen-bond donors (Lipinski definition) is 1. The smallest absolute Gasteiger partial charge is 0.267 e. The highest BCUT2D eigenvalue weighted by molar-refractivity contribution is 7.99. The number of rotatable bonds is 5. The highest BCUT2D eigenvalue weighted by atomic mass is 32.2. The third-order valence-electron chi connectivity index (χ3n) is 5.91. The van der Waals surface area contributed by atoms with Crippen LogP contribution in [-0.2, 0) is 11.2 Å². The Hall–Kier alpha value is -3.45. The van der Waals surface area contributed by atoms with Crippen LogP contribution in [0.2, 0.25) is 0 Å². The van der Waals surface area contributed by atoms with Gasteiger partial charge in [0.2, 0.25) is 5.91 Å². The quantitative estimate of drug-likeness (QED) is 0.356. The molecule has 0 aliphatic heterocycles. The maximum absolute atomic E-state index is 13.3. The minimum absolute atomic E-state index is 0.0218. The molecular formula is C26H24N4O2S. The van der Waals surface area contributed by atoms with Crippen molar-refractivity contribution < 1.29 is 4.79 Å². The van der Waals surface area contributed by atoms with Crippen LogP contribution in [0.5, 0.6) is 0 Å². The minimum atomic E-state index is -0.193. The Morgan fingerprint density at radius 2 is 1.94 bits per heavy atom. The molecule has 1 atom stereocenters. The van der Waals surface area contributed by atoms with Gasteiger partial charge in [0.15, 0.2) is 5.16 Å². The van der Waals surface area contributed by atoms with E-state index in [1.54, 1.807) is 18.3 Å². The molecule has 166 valence electrons. The van der Waals surface area contributed by atoms with Crippen molar-refractivity contribution in [3.05, 3.63) is 93.9 Å². The van der Waals surface area contributed by atoms with Gasteiger partial charge in [0, 0.05) is 6.20 Å². The number of thioether (sulfide) groups is 1. The average molecular weight is 457 g/mol. The molecule has 0 saturated carbocycles. The van der Waals surface area contributed by atoms with Crippen LogP contribution in [0, 0.1) is 6.92 Å². The SMILES string of the molecule is Cc1ccc(-n2c(SCC(=O)NC3CCCc4ccccc43)nc3ccccc3c2=O)nc1. The molecule has 6 nitrogen and oxygen atoms in total. The van der Waals surface area contributed by atoms with Gasteiger partial charge in [0.25, 0.3) is 5.56 Å². The maximum atomic E-state index is 13.3. The van der Waals surface area contributed by atoms with E-state index in [2.05, 4.69) is 22.4 Å². The van der Waals surface area contributed by atoms with E-state index in [9.17, 15) is 9.59 Å². The number of pyridine rings is 1. The van der Waals surface area contributed by atoms with Crippen molar-refractivity contribution in [2.24, 2.45) is 0 Å². The Morgan fingerprint density at radius 1 is 1.12 bits per heavy atom. The van der Waals surface area contributed by atoms with Gasteiger partial charge in [-0.05, 0) is 61.1 Å². The molecule has 1 N–H and O–H groups in total. The van der Waals surface area contributed by atoms with Crippen molar-refractivity contribution in [1.29, 1.82) is 0 Å². The normalized spacial score (nSPS) is 15.2. The molecule has 0 saturated heterocycles. The zero-order chi connectivity index (χ0) is 22.8. The molecule has 2 aromatic carbocycles. The fraction of sp³-hybridized carbons (Fsp3) is 0.231. The fourth-order valence-electron chi connectivity index (χ4n) is 4.27. The van der Waals surface area contributed by atoms with Crippen LogP contribution in [0.3, 0.4) is 0 Å². The first-order chi connectivity index (χ1) is 16.1. The van der Waals surface area contributed by atoms with Gasteiger partial charge in [-0.15, -0.1) is 0 Å². The van der Waals surface area contributed by atoms with E-state index in [0.29, 0.717) is 21.9 Å². The molecule has 0 radical (unpaired) electrons. The molecule has 0 fully saturated rings. The number of nitrogens with zero attached hydrogens (tertiary/aromatic N) is 3. The largest absolute Gasteiger partial charge is 0.349 e. The fourth-order valence-corrected chi connectivity index (χ4v) is 5.09. The summed E-state index contributed by atoms with van der Waals surface area (Å²) in [6.45, 7) is 1.95. The molecule has 2 aromatic heterocycles. The second kappa shape index (κ2) is 9.19. The van der Waals surface area contributed by atoms with Gasteiger partial charge in [0.1, 0.15) is 5.82 Å². The van der Waals surface area contributed by atoms with Crippen molar-refractivity contribution in [3.8, 4) is 5.82 Å². The number of carbonyl (C=O) groups excluding carboxylic acids is 1. The number of carbonyl (C=O) groups is 1. The van der Waals surface area contributed by atoms with Crippen molar-refractivity contribution in [3.63, 3.8) is 0 Å². The molecule has 4 aromatic rings. The summed E-state index contributed by atoms with van der Waals surface area (Å²) in [4.78, 5) is 35.3. The maximum Gasteiger partial charge on any atom is 0.267 e. The average Bonchev–Trinajstić information content (AvgIpc) is 2.84. The number of benzene rings is 2. The van der Waals surface area contributed by atoms with Crippen LogP contribution < -0.4 is 10.9 Å². The lowest BCUT2D eigenvalue weighted by molar-refractivity contribution is -0.119. The highest BCUT2D eigenvalue weighted by Crippen LogP contribution is 2.29. The number of aryl methyl sites for hydroxylation is 2. The van der Waals surface area contributed by atoms with Crippen LogP contribution in [0.1, 0.15) is 35.6 Å². The van der Waals surface area contributed by atoms with Gasteiger partial charge < -0.3 is 5.32 Å². The van der Waals surface area contributed by atoms with Gasteiger partial charge in [-0.25, -0.2) is 14.5 Å². The molecular weight excluding hydrogens is 432 g/mol. The van der Waals surface area contributed by atoms with E-state index >= 15 is 0 Å². The predicted octanol–water partition coefficient (Wildman–Crippen LogP) is 4.38. The third-order valence-corrected chi connectivity index (χ3v) is 6.85. The van der Waals surface area contributed by atoms with E-state index in [1.807, 2.05) is 43.3 Å². The molecule has 1 aliphatic carbocycles. The Labute approximate surface area is 196 Å². The van der Waals surface area contributed by atoms with Crippen LogP contribution in [0.25, 0.3) is 16.7 Å². The summed E-state index contributed by atoms with van der Waals surface area (Å²) < 4.78 is 1.50. The second-order valence-corrected chi connectivity index (χ2v) is 9.19. The summed E-state index contributed by atoms with van der Waals surface area (Å²) in [6, 6.07) is 19.3. The topological polar surface area (TPSA) is 76.9 Å². The number of nitrogens with one attached hydrogen (secondary N) is 1. The molecule has 1 unspecified atom stereocenters. The lowest BCUT2D eigenvalue weighted by atomic mass is 9.88. The van der Waals surface area contributed by atoms with Crippen LogP contribution in [0.4, 0.5) is 0 Å². The summed E-state index contributed by atoms with van der Waals surface area (Å²) in [5.74, 6) is 0.579. The first-order valence-corrected chi connectivity index (χ1v) is 12.0. The number of para-hydroxylation sites is 1. The second-order valence-electron chi connectivity index (χ2n) is 8.25. The van der Waals surface area contributed by atoms with Crippen molar-refractivity contribution >= 4 is 28.6 Å². The molecule has 1 aliphatic rings. The Morgan fingerprint density at radius 3 is 2.79 bits per heavy atom. The zero-order valence-corrected chi connectivity index (χ0v) is 19.1. The van der Waals surface area contributed by atoms with Gasteiger partial charge in [-0.3, -0.25) is 9.59 Å². The van der Waals surface area contributed by atoms with Crippen LogP contribution >= 0.6 is 11.8 Å². The molecule has 7 heteroatoms. The summed E-state index contributed by atoms with van der Waals surface area (Å²) in [5, 5.41) is 4.15. The summed E-state index contributed by atoms with van der Waals surface area (Å²) in [7, 11) is 0. The monoisotopic (exact) mass is 456 g/mol. The molecule has 5 rings (SSSR count). The third kappa shape index (κ3) is 4.41. The van der Waals surface area contributed by atoms with Gasteiger partial charge in [-0.2, -0.15) is 0 Å². The van der Waals surface area contributed by atoms with Crippen LogP contribution in [0.15, 0.2) is 76.8 Å². The lowest BCUT2D eigenvalue weighted by Gasteiger charge is -2.26. The Kier molecular flexibility index (Phi) is 5.96. The summed E-state index contributed by atoms with van der Waals surface area (Å²) >= 11 is 1.25. The number of aromatic nitrogens is 3. The lowest BCUT2D eigenvalue weighted by Crippen LogP contribution is -2.32. The molecule has 0 spiro atoms. The van der Waals surface area contributed by atoms with E-state index in [1.165, 1.54) is 27.5 Å². The molecule has 2 heterocycles. The zero-order valence-electron chi connectivity index (χ0n) is 18.3. The first-order valence-electron chi connectivity index (χ1n) is 11.0.